The second kappa shape index (κ2) is 7.14. The molecule has 0 saturated heterocycles. The number of nitrogens with one attached hydrogen (secondary N) is 1. The molecule has 1 unspecified atom stereocenters. The van der Waals surface area contributed by atoms with E-state index in [-0.39, 0.29) is 0 Å². The van der Waals surface area contributed by atoms with E-state index < -0.39 is 18.1 Å². The zero-order valence-corrected chi connectivity index (χ0v) is 8.05. The summed E-state index contributed by atoms with van der Waals surface area (Å²) in [5.41, 5.74) is 13.6. The molecule has 7 heteroatoms. The van der Waals surface area contributed by atoms with Gasteiger partial charge in [-0.25, -0.2) is 0 Å². The van der Waals surface area contributed by atoms with E-state index in [9.17, 15) is 4.79 Å². The summed E-state index contributed by atoms with van der Waals surface area (Å²) in [5.74, 6) is -1.03. The molecule has 0 aliphatic heterocycles. The highest BCUT2D eigenvalue weighted by Gasteiger charge is 2.24. The van der Waals surface area contributed by atoms with E-state index in [2.05, 4.69) is 15.3 Å². The Morgan fingerprint density at radius 1 is 1.79 bits per heavy atom. The highest BCUT2D eigenvalue weighted by Crippen LogP contribution is 2.07. The first-order chi connectivity index (χ1) is 6.67. The molecule has 7 nitrogen and oxygen atoms in total. The molecule has 0 rings (SSSR count). The van der Waals surface area contributed by atoms with Crippen molar-refractivity contribution in [2.75, 3.05) is 13.6 Å². The molecule has 0 amide bonds. The van der Waals surface area contributed by atoms with Crippen LogP contribution in [-0.4, -0.2) is 36.8 Å². The van der Waals surface area contributed by atoms with Gasteiger partial charge in [-0.2, -0.15) is 0 Å². The fourth-order valence-electron chi connectivity index (χ4n) is 1.16. The molecule has 0 aromatic rings. The van der Waals surface area contributed by atoms with Crippen LogP contribution in [0.2, 0.25) is 0 Å². The van der Waals surface area contributed by atoms with Crippen molar-refractivity contribution >= 4 is 5.97 Å². The summed E-state index contributed by atoms with van der Waals surface area (Å²) < 4.78 is 0. The van der Waals surface area contributed by atoms with E-state index in [4.69, 9.17) is 16.4 Å². The molecule has 0 spiro atoms. The van der Waals surface area contributed by atoms with Gasteiger partial charge >= 0.3 is 5.97 Å². The van der Waals surface area contributed by atoms with Crippen molar-refractivity contribution in [3.05, 3.63) is 10.4 Å². The Morgan fingerprint density at radius 2 is 2.43 bits per heavy atom. The number of hydrogen-bond donors (Lipinski definition) is 3. The molecule has 80 valence electrons. The van der Waals surface area contributed by atoms with E-state index in [1.165, 1.54) is 7.05 Å². The van der Waals surface area contributed by atoms with Crippen LogP contribution in [0.3, 0.4) is 0 Å². The monoisotopic (exact) mass is 201 g/mol. The van der Waals surface area contributed by atoms with Crippen molar-refractivity contribution in [1.29, 1.82) is 0 Å². The van der Waals surface area contributed by atoms with Gasteiger partial charge in [0.2, 0.25) is 0 Å². The molecule has 0 saturated carbocycles. The topological polar surface area (TPSA) is 124 Å². The highest BCUT2D eigenvalue weighted by atomic mass is 16.4. The minimum absolute atomic E-state index is 0.452. The van der Waals surface area contributed by atoms with Crippen LogP contribution >= 0.6 is 0 Å². The molecule has 0 aliphatic rings. The summed E-state index contributed by atoms with van der Waals surface area (Å²) in [6, 6.07) is -1.44. The van der Waals surface area contributed by atoms with Crippen molar-refractivity contribution < 1.29 is 9.90 Å². The Morgan fingerprint density at radius 3 is 2.79 bits per heavy atom. The van der Waals surface area contributed by atoms with Gasteiger partial charge in [0.15, 0.2) is 0 Å². The minimum Gasteiger partial charge on any atom is -0.480 e. The summed E-state index contributed by atoms with van der Waals surface area (Å²) in [5, 5.41) is 14.8. The first-order valence-corrected chi connectivity index (χ1v) is 4.31. The number of carboxylic acid groups (broad SMARTS) is 1. The van der Waals surface area contributed by atoms with E-state index >= 15 is 0 Å². The fourth-order valence-corrected chi connectivity index (χ4v) is 1.16. The van der Waals surface area contributed by atoms with Crippen LogP contribution in [0.25, 0.3) is 10.4 Å². The van der Waals surface area contributed by atoms with Gasteiger partial charge < -0.3 is 16.2 Å². The number of carboxylic acids is 1. The number of rotatable bonds is 7. The highest BCUT2D eigenvalue weighted by molar-refractivity contribution is 5.74. The number of carbonyl (C=O) groups is 1. The van der Waals surface area contributed by atoms with Crippen molar-refractivity contribution in [2.45, 2.75) is 24.9 Å². The Kier molecular flexibility index (Phi) is 6.47. The third kappa shape index (κ3) is 4.08. The van der Waals surface area contributed by atoms with Gasteiger partial charge in [-0.05, 0) is 32.0 Å². The summed E-state index contributed by atoms with van der Waals surface area (Å²) >= 11 is 0. The third-order valence-corrected chi connectivity index (χ3v) is 1.87. The maximum Gasteiger partial charge on any atom is 0.321 e. The van der Waals surface area contributed by atoms with Crippen LogP contribution in [0.5, 0.6) is 0 Å². The van der Waals surface area contributed by atoms with Gasteiger partial charge in [-0.15, -0.1) is 0 Å². The average molecular weight is 201 g/mol. The zero-order chi connectivity index (χ0) is 11.0. The molecule has 2 atom stereocenters. The Bertz CT molecular complexity index is 226. The maximum absolute atomic E-state index is 10.7. The molecule has 0 bridgehead atoms. The lowest BCUT2D eigenvalue weighted by atomic mass is 10.0. The predicted molar refractivity (Wildman–Crippen MR) is 51.7 cm³/mol. The molecule has 0 fully saturated rings. The van der Waals surface area contributed by atoms with Crippen LogP contribution in [0, 0.1) is 0 Å². The smallest absolute Gasteiger partial charge is 0.321 e. The Hall–Kier alpha value is -1.30. The first-order valence-electron chi connectivity index (χ1n) is 4.31. The van der Waals surface area contributed by atoms with Crippen molar-refractivity contribution in [3.8, 4) is 0 Å². The summed E-state index contributed by atoms with van der Waals surface area (Å²) in [6.45, 7) is 0.452. The standard InChI is InChI=1S/C7H15N5O2/c1-10-6(7(13)14)5(11-12-9)3-2-4-8/h5-6,10H,2-4,8H2,1H3,(H,13,14)/t5?,6-/m1/s1. The second-order valence-corrected chi connectivity index (χ2v) is 2.81. The van der Waals surface area contributed by atoms with E-state index in [1.807, 2.05) is 0 Å². The van der Waals surface area contributed by atoms with Crippen molar-refractivity contribution in [1.82, 2.24) is 5.32 Å². The molecular formula is C7H15N5O2. The fraction of sp³-hybridized carbons (Fsp3) is 0.857. The molecular weight excluding hydrogens is 186 g/mol. The normalized spacial score (nSPS) is 14.1. The molecule has 0 heterocycles. The summed E-state index contributed by atoms with van der Waals surface area (Å²) in [6.07, 6.45) is 1.10. The van der Waals surface area contributed by atoms with E-state index in [0.717, 1.165) is 0 Å². The Balaban J connectivity index is 4.42. The maximum atomic E-state index is 10.7. The molecule has 14 heavy (non-hydrogen) atoms. The third-order valence-electron chi connectivity index (χ3n) is 1.87. The number of aliphatic carboxylic acids is 1. The van der Waals surface area contributed by atoms with Gasteiger partial charge in [0.05, 0.1) is 6.04 Å². The molecule has 0 radical (unpaired) electrons. The van der Waals surface area contributed by atoms with Crippen LogP contribution in [0.1, 0.15) is 12.8 Å². The lowest BCUT2D eigenvalue weighted by Crippen LogP contribution is -2.43. The molecule has 0 aliphatic carbocycles. The van der Waals surface area contributed by atoms with E-state index in [1.54, 1.807) is 0 Å². The number of nitrogens with two attached hydrogens (primary N) is 1. The number of hydrogen-bond acceptors (Lipinski definition) is 4. The van der Waals surface area contributed by atoms with Crippen LogP contribution < -0.4 is 11.1 Å². The summed E-state index contributed by atoms with van der Waals surface area (Å²) in [4.78, 5) is 13.4. The van der Waals surface area contributed by atoms with Crippen molar-refractivity contribution in [3.63, 3.8) is 0 Å². The second-order valence-electron chi connectivity index (χ2n) is 2.81. The van der Waals surface area contributed by atoms with Gasteiger partial charge in [0.1, 0.15) is 6.04 Å². The molecule has 0 aromatic heterocycles. The SMILES string of the molecule is CN[C@@H](C(=O)O)C(CCCN)N=[N+]=[N-]. The predicted octanol–water partition coefficient (Wildman–Crippen LogP) is 0.0768. The number of azide groups is 1. The van der Waals surface area contributed by atoms with Crippen molar-refractivity contribution in [2.24, 2.45) is 10.8 Å². The largest absolute Gasteiger partial charge is 0.480 e. The summed E-state index contributed by atoms with van der Waals surface area (Å²) in [7, 11) is 1.52. The average Bonchev–Trinajstić information content (AvgIpc) is 2.14. The van der Waals surface area contributed by atoms with Gasteiger partial charge in [0, 0.05) is 4.91 Å². The van der Waals surface area contributed by atoms with Gasteiger partial charge in [0.25, 0.3) is 0 Å². The first kappa shape index (κ1) is 12.7. The zero-order valence-electron chi connectivity index (χ0n) is 8.05. The quantitative estimate of drug-likeness (QED) is 0.306. The minimum atomic E-state index is -1.03. The van der Waals surface area contributed by atoms with Crippen LogP contribution in [-0.2, 0) is 4.79 Å². The molecule has 4 N–H and O–H groups in total. The van der Waals surface area contributed by atoms with Crippen LogP contribution in [0.4, 0.5) is 0 Å². The number of nitrogens with zero attached hydrogens (tertiary/aromatic N) is 3. The lowest BCUT2D eigenvalue weighted by Gasteiger charge is -2.18. The van der Waals surface area contributed by atoms with E-state index in [0.29, 0.717) is 19.4 Å². The number of likely N-dealkylation sites (N-methyl/N-ethyl adjacent to an activating group) is 1. The van der Waals surface area contributed by atoms with Crippen LogP contribution in [0.15, 0.2) is 5.11 Å². The lowest BCUT2D eigenvalue weighted by molar-refractivity contribution is -0.139. The Labute approximate surface area is 81.9 Å². The van der Waals surface area contributed by atoms with Gasteiger partial charge in [-0.1, -0.05) is 5.11 Å². The van der Waals surface area contributed by atoms with Gasteiger partial charge in [-0.3, -0.25) is 4.79 Å². The molecule has 0 aromatic carbocycles.